The van der Waals surface area contributed by atoms with Crippen LogP contribution in [0.5, 0.6) is 0 Å². The Bertz CT molecular complexity index is 1370. The number of carbonyl (C=O) groups excluding carboxylic acids is 1. The Morgan fingerprint density at radius 1 is 1.14 bits per heavy atom. The molecule has 1 aliphatic heterocycles. The quantitative estimate of drug-likeness (QED) is 0.497. The number of fused-ring (bicyclic) bond motifs is 1. The minimum absolute atomic E-state index is 0.226. The molecule has 2 amide bonds. The average Bonchev–Trinajstić information content (AvgIpc) is 3.23. The smallest absolute Gasteiger partial charge is 0.407 e. The molecule has 2 aromatic carbocycles. The van der Waals surface area contributed by atoms with Gasteiger partial charge in [0.1, 0.15) is 5.69 Å². The largest absolute Gasteiger partial charge is 0.465 e. The molecular formula is C27H26F2N4O3. The van der Waals surface area contributed by atoms with E-state index in [0.29, 0.717) is 40.1 Å². The Balaban J connectivity index is 1.87. The van der Waals surface area contributed by atoms with Crippen LogP contribution in [0.1, 0.15) is 49.3 Å². The van der Waals surface area contributed by atoms with E-state index < -0.39 is 23.3 Å². The maximum absolute atomic E-state index is 14.2. The van der Waals surface area contributed by atoms with Gasteiger partial charge in [-0.3, -0.25) is 4.79 Å². The van der Waals surface area contributed by atoms with Crippen molar-refractivity contribution in [2.45, 2.75) is 38.8 Å². The molecule has 1 atom stereocenters. The van der Waals surface area contributed by atoms with Crippen LogP contribution in [0.4, 0.5) is 13.6 Å². The van der Waals surface area contributed by atoms with Crippen LogP contribution in [0.25, 0.3) is 22.4 Å². The summed E-state index contributed by atoms with van der Waals surface area (Å²) < 4.78 is 29.7. The van der Waals surface area contributed by atoms with Gasteiger partial charge in [-0.1, -0.05) is 18.2 Å². The first kappa shape index (κ1) is 24.9. The highest BCUT2D eigenvalue weighted by molar-refractivity contribution is 5.98. The monoisotopic (exact) mass is 492 g/mol. The Kier molecular flexibility index (Phi) is 6.55. The van der Waals surface area contributed by atoms with Crippen LogP contribution in [-0.2, 0) is 0 Å². The van der Waals surface area contributed by atoms with Gasteiger partial charge in [-0.25, -0.2) is 13.6 Å². The number of carboxylic acid groups (broad SMARTS) is 1. The summed E-state index contributed by atoms with van der Waals surface area (Å²) >= 11 is 0. The van der Waals surface area contributed by atoms with E-state index in [2.05, 4.69) is 11.4 Å². The third kappa shape index (κ3) is 4.67. The number of amides is 2. The fourth-order valence-electron chi connectivity index (χ4n) is 4.58. The Morgan fingerprint density at radius 2 is 1.81 bits per heavy atom. The second-order valence-corrected chi connectivity index (χ2v) is 9.74. The predicted octanol–water partition coefficient (Wildman–Crippen LogP) is 5.43. The van der Waals surface area contributed by atoms with E-state index in [1.165, 1.54) is 11.0 Å². The average molecular weight is 493 g/mol. The topological polar surface area (TPSA) is 98.4 Å². The number of hydrogen-bond acceptors (Lipinski definition) is 3. The summed E-state index contributed by atoms with van der Waals surface area (Å²) in [6, 6.07) is 13.8. The molecule has 7 nitrogen and oxygen atoms in total. The second kappa shape index (κ2) is 9.46. The van der Waals surface area contributed by atoms with Gasteiger partial charge in [0, 0.05) is 24.2 Å². The molecule has 0 spiro atoms. The summed E-state index contributed by atoms with van der Waals surface area (Å²) in [7, 11) is 0. The SMILES string of the molecule is CC(C)(C)N(CCC1CNC(=O)c2cc(-c3ccc(F)c(F)c3)c(-c3ccc(C#N)cc3)n21)C(=O)O. The molecule has 186 valence electrons. The number of nitrogens with zero attached hydrogens (tertiary/aromatic N) is 3. The summed E-state index contributed by atoms with van der Waals surface area (Å²) in [5, 5.41) is 21.8. The molecule has 0 saturated carbocycles. The van der Waals surface area contributed by atoms with Gasteiger partial charge in [0.25, 0.3) is 5.91 Å². The zero-order valence-corrected chi connectivity index (χ0v) is 20.2. The van der Waals surface area contributed by atoms with Crippen LogP contribution in [0.2, 0.25) is 0 Å². The highest BCUT2D eigenvalue weighted by Gasteiger charge is 2.33. The molecule has 2 heterocycles. The molecule has 1 aromatic heterocycles. The Hall–Kier alpha value is -4.19. The number of rotatable bonds is 5. The van der Waals surface area contributed by atoms with E-state index >= 15 is 0 Å². The zero-order chi connectivity index (χ0) is 26.2. The van der Waals surface area contributed by atoms with E-state index in [4.69, 9.17) is 0 Å². The van der Waals surface area contributed by atoms with Gasteiger partial charge in [-0.05, 0) is 68.7 Å². The van der Waals surface area contributed by atoms with E-state index in [9.17, 15) is 28.7 Å². The fraction of sp³-hybridized carbons (Fsp3) is 0.296. The van der Waals surface area contributed by atoms with Crippen molar-refractivity contribution in [3.05, 3.63) is 71.4 Å². The van der Waals surface area contributed by atoms with Crippen LogP contribution < -0.4 is 5.32 Å². The first-order valence-corrected chi connectivity index (χ1v) is 11.5. The summed E-state index contributed by atoms with van der Waals surface area (Å²) in [6.07, 6.45) is -0.628. The second-order valence-electron chi connectivity index (χ2n) is 9.74. The van der Waals surface area contributed by atoms with Crippen LogP contribution in [0, 0.1) is 23.0 Å². The lowest BCUT2D eigenvalue weighted by molar-refractivity contribution is 0.0868. The molecule has 1 unspecified atom stereocenters. The standard InChI is InChI=1S/C27H26F2N4O3/c1-27(2,3)32(26(35)36)11-10-19-15-31-25(34)23-13-20(18-8-9-21(28)22(29)12-18)24(33(19)23)17-6-4-16(14-30)5-7-17/h4-9,12-13,19H,10-11,15H2,1-3H3,(H,31,34)(H,35,36). The lowest BCUT2D eigenvalue weighted by Gasteiger charge is -2.36. The molecular weight excluding hydrogens is 466 g/mol. The Morgan fingerprint density at radius 3 is 2.39 bits per heavy atom. The van der Waals surface area contributed by atoms with Crippen molar-refractivity contribution in [3.63, 3.8) is 0 Å². The number of benzene rings is 2. The van der Waals surface area contributed by atoms with Crippen molar-refractivity contribution in [2.75, 3.05) is 13.1 Å². The lowest BCUT2D eigenvalue weighted by atomic mass is 9.99. The van der Waals surface area contributed by atoms with Crippen molar-refractivity contribution in [1.82, 2.24) is 14.8 Å². The van der Waals surface area contributed by atoms with Crippen LogP contribution in [-0.4, -0.2) is 45.2 Å². The fourth-order valence-corrected chi connectivity index (χ4v) is 4.58. The highest BCUT2D eigenvalue weighted by atomic mass is 19.2. The summed E-state index contributed by atoms with van der Waals surface area (Å²) in [6.45, 7) is 5.94. The molecule has 0 fully saturated rings. The van der Waals surface area contributed by atoms with Gasteiger partial charge in [-0.15, -0.1) is 0 Å². The van der Waals surface area contributed by atoms with Gasteiger partial charge in [-0.2, -0.15) is 5.26 Å². The molecule has 4 rings (SSSR count). The number of carbonyl (C=O) groups is 2. The molecule has 0 radical (unpaired) electrons. The third-order valence-corrected chi connectivity index (χ3v) is 6.38. The molecule has 0 aliphatic carbocycles. The summed E-state index contributed by atoms with van der Waals surface area (Å²) in [5.41, 5.74) is 2.39. The molecule has 9 heteroatoms. The summed E-state index contributed by atoms with van der Waals surface area (Å²) in [5.74, 6) is -2.30. The van der Waals surface area contributed by atoms with Crippen LogP contribution in [0.15, 0.2) is 48.5 Å². The predicted molar refractivity (Wildman–Crippen MR) is 130 cm³/mol. The van der Waals surface area contributed by atoms with Crippen LogP contribution >= 0.6 is 0 Å². The highest BCUT2D eigenvalue weighted by Crippen LogP contribution is 2.40. The first-order valence-electron chi connectivity index (χ1n) is 11.5. The number of aromatic nitrogens is 1. The van der Waals surface area contributed by atoms with E-state index in [1.54, 1.807) is 30.3 Å². The first-order chi connectivity index (χ1) is 17.0. The van der Waals surface area contributed by atoms with Gasteiger partial charge >= 0.3 is 6.09 Å². The molecule has 36 heavy (non-hydrogen) atoms. The maximum Gasteiger partial charge on any atom is 0.407 e. The van der Waals surface area contributed by atoms with E-state index in [0.717, 1.165) is 12.1 Å². The molecule has 0 saturated heterocycles. The van der Waals surface area contributed by atoms with Crippen molar-refractivity contribution in [3.8, 4) is 28.5 Å². The minimum Gasteiger partial charge on any atom is -0.465 e. The lowest BCUT2D eigenvalue weighted by Crippen LogP contribution is -2.47. The van der Waals surface area contributed by atoms with Crippen molar-refractivity contribution < 1.29 is 23.5 Å². The van der Waals surface area contributed by atoms with Gasteiger partial charge < -0.3 is 19.9 Å². The number of hydrogen-bond donors (Lipinski definition) is 2. The third-order valence-electron chi connectivity index (χ3n) is 6.38. The number of halogens is 2. The van der Waals surface area contributed by atoms with Gasteiger partial charge in [0.2, 0.25) is 0 Å². The Labute approximate surface area is 207 Å². The summed E-state index contributed by atoms with van der Waals surface area (Å²) in [4.78, 5) is 26.1. The molecule has 0 bridgehead atoms. The molecule has 3 aromatic rings. The number of nitrogens with one attached hydrogen (secondary N) is 1. The van der Waals surface area contributed by atoms with E-state index in [1.807, 2.05) is 25.3 Å². The van der Waals surface area contributed by atoms with Crippen molar-refractivity contribution in [1.29, 1.82) is 5.26 Å². The van der Waals surface area contributed by atoms with E-state index in [-0.39, 0.29) is 25.0 Å². The maximum atomic E-state index is 14.2. The zero-order valence-electron chi connectivity index (χ0n) is 20.2. The van der Waals surface area contributed by atoms with Gasteiger partial charge in [0.05, 0.1) is 23.4 Å². The molecule has 2 N–H and O–H groups in total. The normalized spacial score (nSPS) is 15.1. The minimum atomic E-state index is -1.04. The number of nitriles is 1. The van der Waals surface area contributed by atoms with Crippen molar-refractivity contribution in [2.24, 2.45) is 0 Å². The van der Waals surface area contributed by atoms with Crippen LogP contribution in [0.3, 0.4) is 0 Å². The van der Waals surface area contributed by atoms with Crippen molar-refractivity contribution >= 4 is 12.0 Å². The molecule has 1 aliphatic rings. The van der Waals surface area contributed by atoms with Gasteiger partial charge in [0.15, 0.2) is 11.6 Å².